The molecule has 1 unspecified atom stereocenters. The molecule has 0 aliphatic heterocycles. The van der Waals surface area contributed by atoms with Crippen LogP contribution >= 0.6 is 23.7 Å². The Bertz CT molecular complexity index is 691. The zero-order valence-electron chi connectivity index (χ0n) is 12.8. The molecule has 0 saturated heterocycles. The summed E-state index contributed by atoms with van der Waals surface area (Å²) in [4.78, 5) is 15.9. The Morgan fingerprint density at radius 2 is 2.04 bits per heavy atom. The number of carbonyl (C=O) groups is 1. The largest absolute Gasteiger partial charge is 0.417 e. The minimum Gasteiger partial charge on any atom is -0.320 e. The van der Waals surface area contributed by atoms with Crippen molar-refractivity contribution in [2.24, 2.45) is 5.73 Å². The van der Waals surface area contributed by atoms with Gasteiger partial charge < -0.3 is 11.1 Å². The number of nitrogens with two attached hydrogens (primary N) is 1. The maximum Gasteiger partial charge on any atom is 0.417 e. The third-order valence-corrected chi connectivity index (χ3v) is 3.94. The number of halogens is 4. The fraction of sp³-hybridized carbons (Fsp3) is 0.333. The van der Waals surface area contributed by atoms with E-state index in [-0.39, 0.29) is 28.8 Å². The molecule has 1 atom stereocenters. The smallest absolute Gasteiger partial charge is 0.320 e. The molecule has 0 radical (unpaired) electrons. The van der Waals surface area contributed by atoms with Gasteiger partial charge in [0.1, 0.15) is 0 Å². The van der Waals surface area contributed by atoms with E-state index in [1.807, 2.05) is 6.92 Å². The van der Waals surface area contributed by atoms with Crippen molar-refractivity contribution in [2.45, 2.75) is 32.0 Å². The summed E-state index contributed by atoms with van der Waals surface area (Å²) in [5.41, 5.74) is 5.08. The molecule has 0 bridgehead atoms. The molecule has 3 N–H and O–H groups in total. The number of rotatable bonds is 5. The Morgan fingerprint density at radius 1 is 1.38 bits per heavy atom. The average molecular weight is 380 g/mol. The Morgan fingerprint density at radius 3 is 2.67 bits per heavy atom. The Labute approximate surface area is 147 Å². The summed E-state index contributed by atoms with van der Waals surface area (Å²) in [7, 11) is 0. The zero-order chi connectivity index (χ0) is 17.0. The fourth-order valence-corrected chi connectivity index (χ4v) is 2.76. The Kier molecular flexibility index (Phi) is 7.19. The molecule has 132 valence electrons. The van der Waals surface area contributed by atoms with Crippen LogP contribution in [-0.2, 0) is 11.0 Å². The molecule has 2 rings (SSSR count). The summed E-state index contributed by atoms with van der Waals surface area (Å²) in [5.74, 6) is -0.392. The highest BCUT2D eigenvalue weighted by Gasteiger charge is 2.33. The first kappa shape index (κ1) is 20.4. The Balaban J connectivity index is 0.00000288. The van der Waals surface area contributed by atoms with Crippen LogP contribution in [0.5, 0.6) is 0 Å². The zero-order valence-corrected chi connectivity index (χ0v) is 14.4. The van der Waals surface area contributed by atoms with E-state index in [2.05, 4.69) is 10.3 Å². The molecular formula is C15H17ClF3N3OS. The van der Waals surface area contributed by atoms with Crippen LogP contribution in [0.4, 0.5) is 18.3 Å². The SMILES string of the molecule is CCCC(N)C(=O)Nc1nc(-c2ccccc2C(F)(F)F)cs1.Cl. The van der Waals surface area contributed by atoms with Crippen LogP contribution < -0.4 is 11.1 Å². The summed E-state index contributed by atoms with van der Waals surface area (Å²) in [6.45, 7) is 1.91. The second-order valence-corrected chi connectivity index (χ2v) is 5.82. The third kappa shape index (κ3) is 4.93. The van der Waals surface area contributed by atoms with E-state index in [0.717, 1.165) is 23.8 Å². The van der Waals surface area contributed by atoms with E-state index in [4.69, 9.17) is 5.73 Å². The topological polar surface area (TPSA) is 68.0 Å². The summed E-state index contributed by atoms with van der Waals surface area (Å²) in [6, 6.07) is 4.54. The molecule has 9 heteroatoms. The third-order valence-electron chi connectivity index (χ3n) is 3.18. The van der Waals surface area contributed by atoms with Gasteiger partial charge in [0.15, 0.2) is 5.13 Å². The molecule has 2 aromatic rings. The van der Waals surface area contributed by atoms with Crippen molar-refractivity contribution in [1.29, 1.82) is 0 Å². The van der Waals surface area contributed by atoms with Gasteiger partial charge >= 0.3 is 6.18 Å². The van der Waals surface area contributed by atoms with Gasteiger partial charge in [0.25, 0.3) is 0 Å². The van der Waals surface area contributed by atoms with Crippen LogP contribution in [0.15, 0.2) is 29.6 Å². The molecule has 0 saturated carbocycles. The minimum atomic E-state index is -4.47. The van der Waals surface area contributed by atoms with Gasteiger partial charge in [0, 0.05) is 10.9 Å². The molecule has 1 aromatic carbocycles. The number of carbonyl (C=O) groups excluding carboxylic acids is 1. The predicted octanol–water partition coefficient (Wildman–Crippen LogP) is 4.32. The monoisotopic (exact) mass is 379 g/mol. The number of hydrogen-bond donors (Lipinski definition) is 2. The van der Waals surface area contributed by atoms with Gasteiger partial charge in [-0.1, -0.05) is 31.5 Å². The summed E-state index contributed by atoms with van der Waals surface area (Å²) < 4.78 is 39.1. The number of aromatic nitrogens is 1. The summed E-state index contributed by atoms with van der Waals surface area (Å²) in [6.07, 6.45) is -3.18. The van der Waals surface area contributed by atoms with Crippen LogP contribution in [0, 0.1) is 0 Å². The van der Waals surface area contributed by atoms with Gasteiger partial charge in [-0.25, -0.2) is 4.98 Å². The van der Waals surface area contributed by atoms with Crippen LogP contribution in [0.25, 0.3) is 11.3 Å². The van der Waals surface area contributed by atoms with Crippen molar-refractivity contribution in [3.8, 4) is 11.3 Å². The molecule has 24 heavy (non-hydrogen) atoms. The molecule has 1 heterocycles. The van der Waals surface area contributed by atoms with E-state index in [9.17, 15) is 18.0 Å². The predicted molar refractivity (Wildman–Crippen MR) is 91.3 cm³/mol. The fourth-order valence-electron chi connectivity index (χ4n) is 2.05. The summed E-state index contributed by atoms with van der Waals surface area (Å²) in [5, 5.41) is 4.24. The van der Waals surface area contributed by atoms with Crippen LogP contribution in [0.1, 0.15) is 25.3 Å². The lowest BCUT2D eigenvalue weighted by molar-refractivity contribution is -0.137. The van der Waals surface area contributed by atoms with Crippen LogP contribution in [-0.4, -0.2) is 16.9 Å². The van der Waals surface area contributed by atoms with Crippen LogP contribution in [0.2, 0.25) is 0 Å². The number of anilines is 1. The van der Waals surface area contributed by atoms with Crippen molar-refractivity contribution in [3.05, 3.63) is 35.2 Å². The Hall–Kier alpha value is -1.64. The highest BCUT2D eigenvalue weighted by Crippen LogP contribution is 2.37. The molecular weight excluding hydrogens is 363 g/mol. The van der Waals surface area contributed by atoms with Crippen molar-refractivity contribution in [1.82, 2.24) is 4.98 Å². The van der Waals surface area contributed by atoms with Gasteiger partial charge in [0.05, 0.1) is 17.3 Å². The van der Waals surface area contributed by atoms with E-state index in [1.165, 1.54) is 23.6 Å². The van der Waals surface area contributed by atoms with E-state index >= 15 is 0 Å². The second kappa shape index (κ2) is 8.46. The van der Waals surface area contributed by atoms with Gasteiger partial charge in [-0.05, 0) is 12.5 Å². The van der Waals surface area contributed by atoms with E-state index in [1.54, 1.807) is 0 Å². The molecule has 0 aliphatic carbocycles. The molecule has 0 fully saturated rings. The van der Waals surface area contributed by atoms with Crippen molar-refractivity contribution < 1.29 is 18.0 Å². The molecule has 0 spiro atoms. The van der Waals surface area contributed by atoms with Crippen LogP contribution in [0.3, 0.4) is 0 Å². The number of alkyl halides is 3. The van der Waals surface area contributed by atoms with Crippen molar-refractivity contribution in [2.75, 3.05) is 5.32 Å². The minimum absolute atomic E-state index is 0. The molecule has 1 amide bonds. The van der Waals surface area contributed by atoms with Crippen molar-refractivity contribution >= 4 is 34.8 Å². The highest BCUT2D eigenvalue weighted by atomic mass is 35.5. The van der Waals surface area contributed by atoms with E-state index < -0.39 is 23.7 Å². The molecule has 0 aliphatic rings. The lowest BCUT2D eigenvalue weighted by Gasteiger charge is -2.11. The highest BCUT2D eigenvalue weighted by molar-refractivity contribution is 7.14. The number of thiazole rings is 1. The number of nitrogens with zero attached hydrogens (tertiary/aromatic N) is 1. The lowest BCUT2D eigenvalue weighted by Crippen LogP contribution is -2.35. The maximum atomic E-state index is 13.0. The lowest BCUT2D eigenvalue weighted by atomic mass is 10.1. The maximum absolute atomic E-state index is 13.0. The first-order chi connectivity index (χ1) is 10.8. The summed E-state index contributed by atoms with van der Waals surface area (Å²) >= 11 is 1.06. The van der Waals surface area contributed by atoms with Gasteiger partial charge in [-0.2, -0.15) is 13.2 Å². The first-order valence-corrected chi connectivity index (χ1v) is 7.89. The molecule has 1 aromatic heterocycles. The van der Waals surface area contributed by atoms with E-state index in [0.29, 0.717) is 6.42 Å². The number of hydrogen-bond acceptors (Lipinski definition) is 4. The van der Waals surface area contributed by atoms with Crippen molar-refractivity contribution in [3.63, 3.8) is 0 Å². The van der Waals surface area contributed by atoms with Gasteiger partial charge in [-0.3, -0.25) is 4.79 Å². The van der Waals surface area contributed by atoms with Gasteiger partial charge in [0.2, 0.25) is 5.91 Å². The number of amides is 1. The normalized spacial score (nSPS) is 12.4. The van der Waals surface area contributed by atoms with Gasteiger partial charge in [-0.15, -0.1) is 23.7 Å². The standard InChI is InChI=1S/C15H16F3N3OS.ClH/c1-2-5-11(19)13(22)21-14-20-12(8-23-14)9-6-3-4-7-10(9)15(16,17)18;/h3-4,6-8,11H,2,5,19H2,1H3,(H,20,21,22);1H. The number of nitrogens with one attached hydrogen (secondary N) is 1. The second-order valence-electron chi connectivity index (χ2n) is 4.97. The number of benzene rings is 1. The quantitative estimate of drug-likeness (QED) is 0.813. The average Bonchev–Trinajstić information content (AvgIpc) is 2.95. The first-order valence-electron chi connectivity index (χ1n) is 7.01. The molecule has 4 nitrogen and oxygen atoms in total.